The Kier molecular flexibility index (Phi) is 4.75. The van der Waals surface area contributed by atoms with E-state index in [1.807, 2.05) is 37.4 Å². The Hall–Kier alpha value is -2.96. The molecular formula is C21H16ClN3O2S. The van der Waals surface area contributed by atoms with Crippen LogP contribution >= 0.6 is 22.9 Å². The van der Waals surface area contributed by atoms with Crippen LogP contribution in [0.3, 0.4) is 0 Å². The molecule has 4 rings (SSSR count). The summed E-state index contributed by atoms with van der Waals surface area (Å²) in [7, 11) is 1.86. The van der Waals surface area contributed by atoms with Crippen LogP contribution in [0.1, 0.15) is 27.0 Å². The molecule has 0 unspecified atom stereocenters. The van der Waals surface area contributed by atoms with Crippen molar-refractivity contribution in [3.8, 4) is 11.3 Å². The number of nitrogens with zero attached hydrogens (tertiary/aromatic N) is 2. The number of halogens is 1. The second-order valence-corrected chi connectivity index (χ2v) is 7.86. The standard InChI is InChI=1S/C21H16ClN3O2S/c1-12(26)13-5-9-16(10-6-13)23-20(27)18-11-17-19(24-25(2)21(17)28-18)14-3-7-15(22)8-4-14/h3-11H,1-2H3,(H,23,27). The van der Waals surface area contributed by atoms with Crippen LogP contribution in [0.25, 0.3) is 21.5 Å². The number of ketones is 1. The van der Waals surface area contributed by atoms with Gasteiger partial charge >= 0.3 is 0 Å². The van der Waals surface area contributed by atoms with Gasteiger partial charge < -0.3 is 5.32 Å². The molecule has 0 saturated carbocycles. The van der Waals surface area contributed by atoms with Crippen LogP contribution in [-0.4, -0.2) is 21.5 Å². The molecule has 0 bridgehead atoms. The minimum Gasteiger partial charge on any atom is -0.321 e. The number of rotatable bonds is 4. The van der Waals surface area contributed by atoms with Crippen LogP contribution in [0, 0.1) is 0 Å². The number of aryl methyl sites for hydroxylation is 1. The predicted molar refractivity (Wildman–Crippen MR) is 113 cm³/mol. The second-order valence-electron chi connectivity index (χ2n) is 6.40. The van der Waals surface area contributed by atoms with E-state index in [0.717, 1.165) is 21.5 Å². The highest BCUT2D eigenvalue weighted by atomic mass is 35.5. The molecule has 5 nitrogen and oxygen atoms in total. The quantitative estimate of drug-likeness (QED) is 0.458. The molecule has 2 heterocycles. The lowest BCUT2D eigenvalue weighted by atomic mass is 10.1. The van der Waals surface area contributed by atoms with Crippen molar-refractivity contribution in [3.63, 3.8) is 0 Å². The van der Waals surface area contributed by atoms with Gasteiger partial charge in [-0.3, -0.25) is 14.3 Å². The summed E-state index contributed by atoms with van der Waals surface area (Å²) in [4.78, 5) is 25.6. The van der Waals surface area contributed by atoms with Gasteiger partial charge in [0.05, 0.1) is 4.88 Å². The molecule has 2 aromatic carbocycles. The third-order valence-electron chi connectivity index (χ3n) is 4.40. The Morgan fingerprint density at radius 1 is 1.07 bits per heavy atom. The zero-order chi connectivity index (χ0) is 19.8. The number of anilines is 1. The van der Waals surface area contributed by atoms with Gasteiger partial charge in [0.25, 0.3) is 5.91 Å². The zero-order valence-corrected chi connectivity index (χ0v) is 16.8. The molecule has 2 aromatic heterocycles. The molecule has 0 aliphatic heterocycles. The largest absolute Gasteiger partial charge is 0.321 e. The molecular weight excluding hydrogens is 394 g/mol. The molecule has 0 saturated heterocycles. The van der Waals surface area contributed by atoms with Gasteiger partial charge in [-0.15, -0.1) is 11.3 Å². The van der Waals surface area contributed by atoms with Gasteiger partial charge in [-0.05, 0) is 49.4 Å². The van der Waals surface area contributed by atoms with Crippen molar-refractivity contribution >= 4 is 50.5 Å². The summed E-state index contributed by atoms with van der Waals surface area (Å²) < 4.78 is 1.78. The second kappa shape index (κ2) is 7.22. The monoisotopic (exact) mass is 409 g/mol. The highest BCUT2D eigenvalue weighted by Gasteiger charge is 2.18. The van der Waals surface area contributed by atoms with Gasteiger partial charge in [0, 0.05) is 34.3 Å². The molecule has 0 aliphatic carbocycles. The first-order valence-electron chi connectivity index (χ1n) is 8.57. The smallest absolute Gasteiger partial charge is 0.265 e. The van der Waals surface area contributed by atoms with Gasteiger partial charge in [-0.25, -0.2) is 0 Å². The minimum atomic E-state index is -0.196. The van der Waals surface area contributed by atoms with Gasteiger partial charge in [-0.1, -0.05) is 23.7 Å². The first kappa shape index (κ1) is 18.4. The normalized spacial score (nSPS) is 11.0. The molecule has 0 radical (unpaired) electrons. The number of carbonyl (C=O) groups is 2. The van der Waals surface area contributed by atoms with E-state index in [2.05, 4.69) is 10.4 Å². The van der Waals surface area contributed by atoms with Crippen molar-refractivity contribution in [1.29, 1.82) is 0 Å². The third kappa shape index (κ3) is 3.44. The first-order valence-corrected chi connectivity index (χ1v) is 9.76. The maximum Gasteiger partial charge on any atom is 0.265 e. The maximum absolute atomic E-state index is 12.7. The number of hydrogen-bond donors (Lipinski definition) is 1. The van der Waals surface area contributed by atoms with Crippen LogP contribution < -0.4 is 5.32 Å². The van der Waals surface area contributed by atoms with E-state index in [4.69, 9.17) is 11.6 Å². The molecule has 0 fully saturated rings. The number of Topliss-reactive ketones (excluding diaryl/α,β-unsaturated/α-hetero) is 1. The van der Waals surface area contributed by atoms with Crippen LogP contribution in [0.4, 0.5) is 5.69 Å². The Bertz CT molecular complexity index is 1190. The van der Waals surface area contributed by atoms with Crippen molar-refractivity contribution in [2.75, 3.05) is 5.32 Å². The predicted octanol–water partition coefficient (Wildman–Crippen LogP) is 5.41. The lowest BCUT2D eigenvalue weighted by molar-refractivity contribution is 0.101. The average molecular weight is 410 g/mol. The van der Waals surface area contributed by atoms with Gasteiger partial charge in [-0.2, -0.15) is 5.10 Å². The zero-order valence-electron chi connectivity index (χ0n) is 15.2. The summed E-state index contributed by atoms with van der Waals surface area (Å²) in [5, 5.41) is 9.04. The number of carbonyl (C=O) groups excluding carboxylic acids is 2. The number of nitrogens with one attached hydrogen (secondary N) is 1. The average Bonchev–Trinajstić information content (AvgIpc) is 3.24. The number of thiophene rings is 1. The molecule has 140 valence electrons. The summed E-state index contributed by atoms with van der Waals surface area (Å²) >= 11 is 7.36. The van der Waals surface area contributed by atoms with Crippen molar-refractivity contribution < 1.29 is 9.59 Å². The Labute approximate surface area is 170 Å². The topological polar surface area (TPSA) is 64.0 Å². The summed E-state index contributed by atoms with van der Waals surface area (Å²) in [6, 6.07) is 16.2. The molecule has 0 spiro atoms. The Morgan fingerprint density at radius 2 is 1.75 bits per heavy atom. The lowest BCUT2D eigenvalue weighted by Gasteiger charge is -2.04. The van der Waals surface area contributed by atoms with E-state index in [-0.39, 0.29) is 11.7 Å². The van der Waals surface area contributed by atoms with E-state index in [1.54, 1.807) is 28.9 Å². The molecule has 28 heavy (non-hydrogen) atoms. The fourth-order valence-corrected chi connectivity index (χ4v) is 4.05. The summed E-state index contributed by atoms with van der Waals surface area (Å²) in [5.74, 6) is -0.205. The first-order chi connectivity index (χ1) is 13.4. The number of amides is 1. The molecule has 1 amide bonds. The number of hydrogen-bond acceptors (Lipinski definition) is 4. The van der Waals surface area contributed by atoms with Crippen molar-refractivity contribution in [1.82, 2.24) is 9.78 Å². The van der Waals surface area contributed by atoms with E-state index in [1.165, 1.54) is 18.3 Å². The summed E-state index contributed by atoms with van der Waals surface area (Å²) in [5.41, 5.74) is 3.01. The van der Waals surface area contributed by atoms with Crippen LogP contribution in [0.5, 0.6) is 0 Å². The van der Waals surface area contributed by atoms with Gasteiger partial charge in [0.2, 0.25) is 0 Å². The van der Waals surface area contributed by atoms with E-state index in [9.17, 15) is 9.59 Å². The van der Waals surface area contributed by atoms with E-state index in [0.29, 0.717) is 21.2 Å². The lowest BCUT2D eigenvalue weighted by Crippen LogP contribution is -2.10. The number of benzene rings is 2. The Morgan fingerprint density at radius 3 is 2.39 bits per heavy atom. The Balaban J connectivity index is 1.64. The molecule has 0 atom stereocenters. The number of fused-ring (bicyclic) bond motifs is 1. The van der Waals surface area contributed by atoms with Crippen LogP contribution in [-0.2, 0) is 7.05 Å². The van der Waals surface area contributed by atoms with Crippen molar-refractivity contribution in [3.05, 3.63) is 70.1 Å². The minimum absolute atomic E-state index is 0.00962. The van der Waals surface area contributed by atoms with Gasteiger partial charge in [0.1, 0.15) is 10.5 Å². The molecule has 1 N–H and O–H groups in total. The van der Waals surface area contributed by atoms with E-state index < -0.39 is 0 Å². The SMILES string of the molecule is CC(=O)c1ccc(NC(=O)c2cc3c(-c4ccc(Cl)cc4)nn(C)c3s2)cc1. The van der Waals surface area contributed by atoms with Crippen molar-refractivity contribution in [2.24, 2.45) is 7.05 Å². The van der Waals surface area contributed by atoms with E-state index >= 15 is 0 Å². The third-order valence-corrected chi connectivity index (χ3v) is 5.85. The fraction of sp³-hybridized carbons (Fsp3) is 0.0952. The fourth-order valence-electron chi connectivity index (χ4n) is 2.95. The van der Waals surface area contributed by atoms with Crippen LogP contribution in [0.2, 0.25) is 5.02 Å². The summed E-state index contributed by atoms with van der Waals surface area (Å²) in [6.45, 7) is 1.51. The molecule has 4 aromatic rings. The van der Waals surface area contributed by atoms with Crippen LogP contribution in [0.15, 0.2) is 54.6 Å². The van der Waals surface area contributed by atoms with Crippen molar-refractivity contribution in [2.45, 2.75) is 6.92 Å². The highest BCUT2D eigenvalue weighted by molar-refractivity contribution is 7.20. The molecule has 0 aliphatic rings. The molecule has 7 heteroatoms. The maximum atomic E-state index is 12.7. The van der Waals surface area contributed by atoms with Gasteiger partial charge in [0.15, 0.2) is 5.78 Å². The number of aromatic nitrogens is 2. The highest BCUT2D eigenvalue weighted by Crippen LogP contribution is 2.34. The summed E-state index contributed by atoms with van der Waals surface area (Å²) in [6.07, 6.45) is 0.